The van der Waals surface area contributed by atoms with Crippen LogP contribution in [0.15, 0.2) is 41.4 Å². The first-order chi connectivity index (χ1) is 9.65. The number of carbonyl (C=O) groups is 1. The number of hydrogen-bond donors (Lipinski definition) is 1. The van der Waals surface area contributed by atoms with Crippen molar-refractivity contribution in [1.82, 2.24) is 19.6 Å². The molecule has 1 N–H and O–H groups in total. The van der Waals surface area contributed by atoms with E-state index in [0.717, 1.165) is 10.2 Å². The van der Waals surface area contributed by atoms with Crippen LogP contribution in [0.5, 0.6) is 0 Å². The highest BCUT2D eigenvalue weighted by atomic mass is 79.9. The average Bonchev–Trinajstić information content (AvgIpc) is 2.87. The van der Waals surface area contributed by atoms with Crippen molar-refractivity contribution < 1.29 is 4.79 Å². The molecule has 20 heavy (non-hydrogen) atoms. The number of nitrogens with one attached hydrogen (secondary N) is 1. The van der Waals surface area contributed by atoms with Gasteiger partial charge in [-0.2, -0.15) is 5.10 Å². The molecule has 100 valence electrons. The van der Waals surface area contributed by atoms with Gasteiger partial charge in [-0.15, -0.1) is 0 Å². The number of halogens is 1. The molecule has 0 aliphatic heterocycles. The van der Waals surface area contributed by atoms with E-state index in [1.807, 2.05) is 13.0 Å². The standard InChI is InChI=1S/C13H10BrN5O/c1-8-10(14)2-3-12(17-8)18-13(20)9-6-16-19-5-4-15-7-11(9)19/h2-7H,1H3,(H,17,18,20). The number of hydrogen-bond acceptors (Lipinski definition) is 4. The first-order valence-electron chi connectivity index (χ1n) is 5.87. The summed E-state index contributed by atoms with van der Waals surface area (Å²) in [6.45, 7) is 1.86. The Hall–Kier alpha value is -2.28. The third-order valence-corrected chi connectivity index (χ3v) is 3.67. The van der Waals surface area contributed by atoms with E-state index in [0.29, 0.717) is 16.9 Å². The number of pyridine rings is 1. The van der Waals surface area contributed by atoms with Crippen LogP contribution >= 0.6 is 15.9 Å². The summed E-state index contributed by atoms with van der Waals surface area (Å²) in [7, 11) is 0. The van der Waals surface area contributed by atoms with Crippen molar-refractivity contribution in [1.29, 1.82) is 0 Å². The van der Waals surface area contributed by atoms with E-state index < -0.39 is 0 Å². The number of anilines is 1. The Bertz CT molecular complexity index is 798. The van der Waals surface area contributed by atoms with Gasteiger partial charge in [-0.05, 0) is 35.0 Å². The van der Waals surface area contributed by atoms with Crippen LogP contribution in [0.4, 0.5) is 5.82 Å². The Morgan fingerprint density at radius 2 is 2.20 bits per heavy atom. The summed E-state index contributed by atoms with van der Waals surface area (Å²) < 4.78 is 2.50. The van der Waals surface area contributed by atoms with Gasteiger partial charge in [-0.1, -0.05) is 0 Å². The molecule has 1 amide bonds. The molecule has 3 heterocycles. The topological polar surface area (TPSA) is 72.2 Å². The van der Waals surface area contributed by atoms with E-state index in [1.165, 1.54) is 6.20 Å². The lowest BCUT2D eigenvalue weighted by Crippen LogP contribution is -2.13. The van der Waals surface area contributed by atoms with Crippen LogP contribution in [-0.4, -0.2) is 25.5 Å². The van der Waals surface area contributed by atoms with Crippen LogP contribution in [-0.2, 0) is 0 Å². The molecule has 0 aromatic carbocycles. The molecule has 7 heteroatoms. The van der Waals surface area contributed by atoms with E-state index in [4.69, 9.17) is 0 Å². The first-order valence-corrected chi connectivity index (χ1v) is 6.66. The van der Waals surface area contributed by atoms with Gasteiger partial charge in [0.25, 0.3) is 5.91 Å². The van der Waals surface area contributed by atoms with E-state index in [-0.39, 0.29) is 5.91 Å². The van der Waals surface area contributed by atoms with Crippen LogP contribution in [0.25, 0.3) is 5.52 Å². The second-order valence-electron chi connectivity index (χ2n) is 4.18. The highest BCUT2D eigenvalue weighted by Gasteiger charge is 2.13. The van der Waals surface area contributed by atoms with Gasteiger partial charge in [0.1, 0.15) is 5.82 Å². The number of fused-ring (bicyclic) bond motifs is 1. The molecule has 0 fully saturated rings. The molecule has 0 aliphatic rings. The average molecular weight is 332 g/mol. The number of aromatic nitrogens is 4. The molecular formula is C13H10BrN5O. The maximum Gasteiger partial charge on any atom is 0.260 e. The predicted octanol–water partition coefficient (Wildman–Crippen LogP) is 2.45. The van der Waals surface area contributed by atoms with E-state index in [9.17, 15) is 4.79 Å². The summed E-state index contributed by atoms with van der Waals surface area (Å²) in [5.41, 5.74) is 1.92. The van der Waals surface area contributed by atoms with Crippen molar-refractivity contribution in [3.05, 3.63) is 52.7 Å². The summed E-state index contributed by atoms with van der Waals surface area (Å²) in [5, 5.41) is 6.85. The van der Waals surface area contributed by atoms with Gasteiger partial charge in [-0.25, -0.2) is 9.50 Å². The van der Waals surface area contributed by atoms with Crippen LogP contribution in [0.1, 0.15) is 16.1 Å². The summed E-state index contributed by atoms with van der Waals surface area (Å²) in [6.07, 6.45) is 6.41. The molecule has 0 aliphatic carbocycles. The largest absolute Gasteiger partial charge is 0.306 e. The minimum absolute atomic E-state index is 0.262. The lowest BCUT2D eigenvalue weighted by molar-refractivity contribution is 0.102. The van der Waals surface area contributed by atoms with Gasteiger partial charge in [0.05, 0.1) is 29.2 Å². The van der Waals surface area contributed by atoms with Gasteiger partial charge >= 0.3 is 0 Å². The normalized spacial score (nSPS) is 10.7. The Labute approximate surface area is 123 Å². The van der Waals surface area contributed by atoms with Crippen LogP contribution in [0.3, 0.4) is 0 Å². The van der Waals surface area contributed by atoms with Gasteiger partial charge in [0.15, 0.2) is 0 Å². The van der Waals surface area contributed by atoms with Crippen molar-refractivity contribution >= 4 is 33.2 Å². The fourth-order valence-electron chi connectivity index (χ4n) is 1.81. The Morgan fingerprint density at radius 1 is 1.35 bits per heavy atom. The van der Waals surface area contributed by atoms with Crippen molar-refractivity contribution in [2.75, 3.05) is 5.32 Å². The van der Waals surface area contributed by atoms with Gasteiger partial charge in [0, 0.05) is 16.9 Å². The fourth-order valence-corrected chi connectivity index (χ4v) is 2.03. The molecule has 3 aromatic rings. The van der Waals surface area contributed by atoms with Crippen molar-refractivity contribution in [2.24, 2.45) is 0 Å². The van der Waals surface area contributed by atoms with Crippen molar-refractivity contribution in [2.45, 2.75) is 6.92 Å². The Balaban J connectivity index is 1.91. The molecule has 0 spiro atoms. The van der Waals surface area contributed by atoms with Crippen LogP contribution in [0, 0.1) is 6.92 Å². The highest BCUT2D eigenvalue weighted by Crippen LogP contribution is 2.17. The molecule has 0 bridgehead atoms. The van der Waals surface area contributed by atoms with Gasteiger partial charge < -0.3 is 5.32 Å². The fraction of sp³-hybridized carbons (Fsp3) is 0.0769. The highest BCUT2D eigenvalue weighted by molar-refractivity contribution is 9.10. The molecule has 6 nitrogen and oxygen atoms in total. The van der Waals surface area contributed by atoms with E-state index in [1.54, 1.807) is 29.2 Å². The maximum absolute atomic E-state index is 12.2. The number of rotatable bonds is 2. The second kappa shape index (κ2) is 5.01. The molecule has 0 saturated heterocycles. The SMILES string of the molecule is Cc1nc(NC(=O)c2cnn3ccncc23)ccc1Br. The zero-order valence-corrected chi connectivity index (χ0v) is 12.1. The number of nitrogens with zero attached hydrogens (tertiary/aromatic N) is 4. The molecular weight excluding hydrogens is 322 g/mol. The second-order valence-corrected chi connectivity index (χ2v) is 5.04. The first kappa shape index (κ1) is 12.7. The third-order valence-electron chi connectivity index (χ3n) is 2.83. The van der Waals surface area contributed by atoms with Gasteiger partial charge in [0.2, 0.25) is 0 Å². The molecule has 0 atom stereocenters. The molecule has 3 rings (SSSR count). The molecule has 0 unspecified atom stereocenters. The van der Waals surface area contributed by atoms with Crippen molar-refractivity contribution in [3.63, 3.8) is 0 Å². The monoisotopic (exact) mass is 331 g/mol. The van der Waals surface area contributed by atoms with Crippen molar-refractivity contribution in [3.8, 4) is 0 Å². The quantitative estimate of drug-likeness (QED) is 0.782. The molecule has 0 radical (unpaired) electrons. The van der Waals surface area contributed by atoms with Gasteiger partial charge in [-0.3, -0.25) is 9.78 Å². The predicted molar refractivity (Wildman–Crippen MR) is 77.6 cm³/mol. The lowest BCUT2D eigenvalue weighted by atomic mass is 10.2. The summed E-state index contributed by atoms with van der Waals surface area (Å²) >= 11 is 3.37. The number of aryl methyl sites for hydroxylation is 1. The smallest absolute Gasteiger partial charge is 0.260 e. The molecule has 3 aromatic heterocycles. The Kier molecular flexibility index (Phi) is 3.19. The Morgan fingerprint density at radius 3 is 3.00 bits per heavy atom. The minimum Gasteiger partial charge on any atom is -0.306 e. The zero-order valence-electron chi connectivity index (χ0n) is 10.5. The van der Waals surface area contributed by atoms with E-state index >= 15 is 0 Å². The molecule has 0 saturated carbocycles. The minimum atomic E-state index is -0.262. The maximum atomic E-state index is 12.2. The summed E-state index contributed by atoms with van der Waals surface area (Å²) in [4.78, 5) is 20.5. The van der Waals surface area contributed by atoms with Crippen LogP contribution in [0.2, 0.25) is 0 Å². The summed E-state index contributed by atoms with van der Waals surface area (Å²) in [6, 6.07) is 3.58. The summed E-state index contributed by atoms with van der Waals surface area (Å²) in [5.74, 6) is 0.237. The third kappa shape index (κ3) is 2.27. The zero-order chi connectivity index (χ0) is 14.1. The van der Waals surface area contributed by atoms with Crippen LogP contribution < -0.4 is 5.32 Å². The lowest BCUT2D eigenvalue weighted by Gasteiger charge is -2.05. The number of amides is 1. The van der Waals surface area contributed by atoms with E-state index in [2.05, 4.69) is 36.3 Å². The number of carbonyl (C=O) groups excluding carboxylic acids is 1.